The van der Waals surface area contributed by atoms with Crippen molar-refractivity contribution >= 4 is 23.4 Å². The molecule has 0 radical (unpaired) electrons. The lowest BCUT2D eigenvalue weighted by atomic mass is 10.1. The number of benzene rings is 2. The number of rotatable bonds is 6. The van der Waals surface area contributed by atoms with Gasteiger partial charge in [0.2, 0.25) is 17.7 Å². The Hall–Kier alpha value is -3.15. The van der Waals surface area contributed by atoms with E-state index in [-0.39, 0.29) is 30.1 Å². The van der Waals surface area contributed by atoms with Crippen LogP contribution in [0, 0.1) is 12.8 Å². The lowest BCUT2D eigenvalue weighted by Crippen LogP contribution is -2.32. The van der Waals surface area contributed by atoms with Crippen LogP contribution in [0.2, 0.25) is 0 Å². The molecule has 4 rings (SSSR count). The van der Waals surface area contributed by atoms with Crippen LogP contribution in [0.5, 0.6) is 0 Å². The summed E-state index contributed by atoms with van der Waals surface area (Å²) in [5, 5.41) is 2.97. The highest BCUT2D eigenvalue weighted by Gasteiger charge is 2.35. The molecule has 6 heteroatoms. The predicted octanol–water partition coefficient (Wildman–Crippen LogP) is 2.79. The number of aryl methyl sites for hydroxylation is 1. The number of hydrogen-bond acceptors (Lipinski definition) is 3. The smallest absolute Gasteiger partial charge is 0.227 e. The summed E-state index contributed by atoms with van der Waals surface area (Å²) in [5.41, 5.74) is 4.00. The minimum absolute atomic E-state index is 0.00902. The molecule has 2 fully saturated rings. The number of amides is 3. The molecule has 0 aliphatic carbocycles. The van der Waals surface area contributed by atoms with Gasteiger partial charge < -0.3 is 15.1 Å². The Morgan fingerprint density at radius 1 is 1.03 bits per heavy atom. The third kappa shape index (κ3) is 4.37. The first kappa shape index (κ1) is 20.1. The van der Waals surface area contributed by atoms with Crippen LogP contribution in [0.4, 0.5) is 5.69 Å². The van der Waals surface area contributed by atoms with E-state index in [0.717, 1.165) is 35.3 Å². The normalized spacial score (nSPS) is 18.9. The van der Waals surface area contributed by atoms with E-state index in [9.17, 15) is 14.4 Å². The van der Waals surface area contributed by atoms with Crippen LogP contribution in [0.1, 0.15) is 36.0 Å². The zero-order chi connectivity index (χ0) is 21.1. The van der Waals surface area contributed by atoms with E-state index in [2.05, 4.69) is 5.32 Å². The first-order valence-corrected chi connectivity index (χ1v) is 10.5. The van der Waals surface area contributed by atoms with Crippen molar-refractivity contribution in [2.45, 2.75) is 39.3 Å². The predicted molar refractivity (Wildman–Crippen MR) is 115 cm³/mol. The fourth-order valence-electron chi connectivity index (χ4n) is 4.17. The fraction of sp³-hybridized carbons (Fsp3) is 0.375. The van der Waals surface area contributed by atoms with Crippen LogP contribution < -0.4 is 10.2 Å². The van der Waals surface area contributed by atoms with Gasteiger partial charge in [0.25, 0.3) is 0 Å². The van der Waals surface area contributed by atoms with Crippen molar-refractivity contribution in [2.24, 2.45) is 5.92 Å². The number of hydrogen-bond donors (Lipinski definition) is 1. The van der Waals surface area contributed by atoms with Crippen LogP contribution in [-0.2, 0) is 27.5 Å². The number of carbonyl (C=O) groups is 3. The maximum atomic E-state index is 12.6. The molecule has 0 saturated carbocycles. The SMILES string of the molecule is Cc1ccccc1N1CC(C(=O)NCc2ccc(CN3CCCC3=O)cc2)CC1=O. The summed E-state index contributed by atoms with van der Waals surface area (Å²) in [5.74, 6) is -0.216. The van der Waals surface area contributed by atoms with Gasteiger partial charge in [-0.25, -0.2) is 0 Å². The summed E-state index contributed by atoms with van der Waals surface area (Å²) < 4.78 is 0. The Kier molecular flexibility index (Phi) is 5.84. The van der Waals surface area contributed by atoms with Gasteiger partial charge in [-0.2, -0.15) is 0 Å². The molecule has 1 N–H and O–H groups in total. The maximum absolute atomic E-state index is 12.6. The van der Waals surface area contributed by atoms with Crippen LogP contribution >= 0.6 is 0 Å². The fourth-order valence-corrected chi connectivity index (χ4v) is 4.17. The summed E-state index contributed by atoms with van der Waals surface area (Å²) in [6.45, 7) is 4.29. The molecule has 30 heavy (non-hydrogen) atoms. The second kappa shape index (κ2) is 8.69. The quantitative estimate of drug-likeness (QED) is 0.804. The standard InChI is InChI=1S/C24H27N3O3/c1-17-5-2-3-6-21(17)27-16-20(13-23(27)29)24(30)25-14-18-8-10-19(11-9-18)15-26-12-4-7-22(26)28/h2-3,5-6,8-11,20H,4,7,12-16H2,1H3,(H,25,30). The summed E-state index contributed by atoms with van der Waals surface area (Å²) in [6.07, 6.45) is 1.83. The Morgan fingerprint density at radius 2 is 1.77 bits per heavy atom. The Balaban J connectivity index is 1.30. The molecule has 2 aromatic rings. The van der Waals surface area contributed by atoms with Gasteiger partial charge >= 0.3 is 0 Å². The van der Waals surface area contributed by atoms with Gasteiger partial charge in [0.15, 0.2) is 0 Å². The van der Waals surface area contributed by atoms with Gasteiger partial charge in [-0.05, 0) is 36.1 Å². The molecule has 6 nitrogen and oxygen atoms in total. The van der Waals surface area contributed by atoms with Gasteiger partial charge in [0.05, 0.1) is 5.92 Å². The average molecular weight is 405 g/mol. The van der Waals surface area contributed by atoms with Crippen molar-refractivity contribution in [1.29, 1.82) is 0 Å². The van der Waals surface area contributed by atoms with Crippen molar-refractivity contribution in [2.75, 3.05) is 18.0 Å². The van der Waals surface area contributed by atoms with Gasteiger partial charge in [-0.3, -0.25) is 14.4 Å². The summed E-state index contributed by atoms with van der Waals surface area (Å²) in [4.78, 5) is 40.4. The van der Waals surface area contributed by atoms with E-state index in [1.54, 1.807) is 4.90 Å². The molecule has 2 aromatic carbocycles. The largest absolute Gasteiger partial charge is 0.352 e. The first-order valence-electron chi connectivity index (χ1n) is 10.5. The molecule has 2 heterocycles. The maximum Gasteiger partial charge on any atom is 0.227 e. The molecule has 2 saturated heterocycles. The number of likely N-dealkylation sites (tertiary alicyclic amines) is 1. The van der Waals surface area contributed by atoms with Crippen LogP contribution in [-0.4, -0.2) is 35.7 Å². The number of carbonyl (C=O) groups excluding carboxylic acids is 3. The molecule has 156 valence electrons. The van der Waals surface area contributed by atoms with E-state index < -0.39 is 0 Å². The van der Waals surface area contributed by atoms with Crippen molar-refractivity contribution in [1.82, 2.24) is 10.2 Å². The Labute approximate surface area is 176 Å². The molecule has 1 unspecified atom stereocenters. The van der Waals surface area contributed by atoms with Crippen molar-refractivity contribution in [3.05, 3.63) is 65.2 Å². The first-order chi connectivity index (χ1) is 14.5. The molecule has 0 aromatic heterocycles. The monoisotopic (exact) mass is 405 g/mol. The van der Waals surface area contributed by atoms with E-state index in [0.29, 0.717) is 26.1 Å². The van der Waals surface area contributed by atoms with E-state index >= 15 is 0 Å². The average Bonchev–Trinajstić information content (AvgIpc) is 3.33. The van der Waals surface area contributed by atoms with E-state index in [4.69, 9.17) is 0 Å². The molecule has 2 aliphatic rings. The number of nitrogens with zero attached hydrogens (tertiary/aromatic N) is 2. The van der Waals surface area contributed by atoms with E-state index in [1.807, 2.05) is 60.4 Å². The zero-order valence-corrected chi connectivity index (χ0v) is 17.3. The highest BCUT2D eigenvalue weighted by molar-refractivity contribution is 6.00. The van der Waals surface area contributed by atoms with Gasteiger partial charge in [0.1, 0.15) is 0 Å². The summed E-state index contributed by atoms with van der Waals surface area (Å²) in [6, 6.07) is 15.7. The van der Waals surface area contributed by atoms with E-state index in [1.165, 1.54) is 0 Å². The second-order valence-electron chi connectivity index (χ2n) is 8.15. The lowest BCUT2D eigenvalue weighted by molar-refractivity contribution is -0.128. The molecule has 0 spiro atoms. The topological polar surface area (TPSA) is 69.7 Å². The third-order valence-electron chi connectivity index (χ3n) is 5.94. The number of para-hydroxylation sites is 1. The zero-order valence-electron chi connectivity index (χ0n) is 17.3. The minimum atomic E-state index is -0.336. The van der Waals surface area contributed by atoms with Crippen LogP contribution in [0.25, 0.3) is 0 Å². The van der Waals surface area contributed by atoms with Crippen molar-refractivity contribution < 1.29 is 14.4 Å². The second-order valence-corrected chi connectivity index (χ2v) is 8.15. The summed E-state index contributed by atoms with van der Waals surface area (Å²) in [7, 11) is 0. The molecule has 3 amide bonds. The Morgan fingerprint density at radius 3 is 2.47 bits per heavy atom. The highest BCUT2D eigenvalue weighted by atomic mass is 16.2. The van der Waals surface area contributed by atoms with Crippen LogP contribution in [0.15, 0.2) is 48.5 Å². The molecular weight excluding hydrogens is 378 g/mol. The number of anilines is 1. The Bertz CT molecular complexity index is 954. The van der Waals surface area contributed by atoms with Gasteiger partial charge in [-0.15, -0.1) is 0 Å². The molecular formula is C24H27N3O3. The molecule has 1 atom stereocenters. The van der Waals surface area contributed by atoms with Crippen molar-refractivity contribution in [3.8, 4) is 0 Å². The lowest BCUT2D eigenvalue weighted by Gasteiger charge is -2.19. The highest BCUT2D eigenvalue weighted by Crippen LogP contribution is 2.27. The van der Waals surface area contributed by atoms with Gasteiger partial charge in [-0.1, -0.05) is 42.5 Å². The molecule has 0 bridgehead atoms. The van der Waals surface area contributed by atoms with Crippen LogP contribution in [0.3, 0.4) is 0 Å². The van der Waals surface area contributed by atoms with Gasteiger partial charge in [0, 0.05) is 44.7 Å². The molecule has 2 aliphatic heterocycles. The number of nitrogens with one attached hydrogen (secondary N) is 1. The third-order valence-corrected chi connectivity index (χ3v) is 5.94. The van der Waals surface area contributed by atoms with Crippen molar-refractivity contribution in [3.63, 3.8) is 0 Å². The minimum Gasteiger partial charge on any atom is -0.352 e. The summed E-state index contributed by atoms with van der Waals surface area (Å²) >= 11 is 0.